The number of nitrogens with zero attached hydrogens (tertiary/aromatic N) is 2. The standard InChI is InChI=1S/C20H18N4O4S/c1-12-9-16(7-8-18(12)24(27)28)19(26)23-20-22-17(11-29-20)15-5-3-14(4-6-15)10-21-13(2)25/h3-9,11H,10H2,1-2H3,(H,21,25)(H,22,23,26). The van der Waals surface area contributed by atoms with Gasteiger partial charge in [-0.3, -0.25) is 25.0 Å². The fraction of sp³-hybridized carbons (Fsp3) is 0.150. The highest BCUT2D eigenvalue weighted by molar-refractivity contribution is 7.14. The molecular weight excluding hydrogens is 392 g/mol. The summed E-state index contributed by atoms with van der Waals surface area (Å²) >= 11 is 1.29. The van der Waals surface area contributed by atoms with Gasteiger partial charge in [0.2, 0.25) is 5.91 Å². The summed E-state index contributed by atoms with van der Waals surface area (Å²) < 4.78 is 0. The van der Waals surface area contributed by atoms with E-state index in [0.717, 1.165) is 16.8 Å². The topological polar surface area (TPSA) is 114 Å². The first-order chi connectivity index (χ1) is 13.8. The maximum atomic E-state index is 12.4. The summed E-state index contributed by atoms with van der Waals surface area (Å²) in [6.07, 6.45) is 0. The molecule has 0 aliphatic carbocycles. The van der Waals surface area contributed by atoms with Gasteiger partial charge < -0.3 is 5.32 Å². The first kappa shape index (κ1) is 20.2. The second kappa shape index (κ2) is 8.61. The largest absolute Gasteiger partial charge is 0.352 e. The second-order valence-corrected chi connectivity index (χ2v) is 7.22. The Bertz CT molecular complexity index is 1080. The predicted octanol–water partition coefficient (Wildman–Crippen LogP) is 3.92. The molecule has 0 saturated carbocycles. The van der Waals surface area contributed by atoms with Crippen LogP contribution in [0.1, 0.15) is 28.4 Å². The van der Waals surface area contributed by atoms with Crippen molar-refractivity contribution < 1.29 is 14.5 Å². The quantitative estimate of drug-likeness (QED) is 0.472. The number of nitro benzene ring substituents is 1. The smallest absolute Gasteiger partial charge is 0.272 e. The van der Waals surface area contributed by atoms with Gasteiger partial charge in [-0.05, 0) is 24.6 Å². The van der Waals surface area contributed by atoms with Crippen LogP contribution in [0, 0.1) is 17.0 Å². The second-order valence-electron chi connectivity index (χ2n) is 6.36. The van der Waals surface area contributed by atoms with Crippen LogP contribution in [-0.2, 0) is 11.3 Å². The number of carbonyl (C=O) groups is 2. The monoisotopic (exact) mass is 410 g/mol. The van der Waals surface area contributed by atoms with Crippen LogP contribution in [0.3, 0.4) is 0 Å². The molecule has 0 saturated heterocycles. The summed E-state index contributed by atoms with van der Waals surface area (Å²) in [4.78, 5) is 38.2. The highest BCUT2D eigenvalue weighted by atomic mass is 32.1. The number of carbonyl (C=O) groups excluding carboxylic acids is 2. The molecule has 0 unspecified atom stereocenters. The third-order valence-corrected chi connectivity index (χ3v) is 4.93. The van der Waals surface area contributed by atoms with Gasteiger partial charge in [0.15, 0.2) is 5.13 Å². The molecule has 2 N–H and O–H groups in total. The van der Waals surface area contributed by atoms with E-state index in [1.165, 1.54) is 36.5 Å². The molecule has 2 amide bonds. The SMILES string of the molecule is CC(=O)NCc1ccc(-c2csc(NC(=O)c3ccc([N+](=O)[O-])c(C)c3)n2)cc1. The number of aryl methyl sites for hydroxylation is 1. The minimum absolute atomic E-state index is 0.0277. The summed E-state index contributed by atoms with van der Waals surface area (Å²) in [5.74, 6) is -0.466. The molecule has 9 heteroatoms. The number of amides is 2. The Kier molecular flexibility index (Phi) is 5.99. The highest BCUT2D eigenvalue weighted by Crippen LogP contribution is 2.26. The molecule has 29 heavy (non-hydrogen) atoms. The van der Waals surface area contributed by atoms with E-state index in [4.69, 9.17) is 0 Å². The fourth-order valence-corrected chi connectivity index (χ4v) is 3.37. The zero-order chi connectivity index (χ0) is 21.0. The molecule has 8 nitrogen and oxygen atoms in total. The van der Waals surface area contributed by atoms with Gasteiger partial charge in [0.25, 0.3) is 11.6 Å². The number of nitrogens with one attached hydrogen (secondary N) is 2. The molecule has 3 aromatic rings. The number of nitro groups is 1. The minimum Gasteiger partial charge on any atom is -0.352 e. The molecule has 148 valence electrons. The summed E-state index contributed by atoms with van der Waals surface area (Å²) in [5.41, 5.74) is 3.30. The molecule has 0 fully saturated rings. The van der Waals surface area contributed by atoms with Crippen molar-refractivity contribution in [3.8, 4) is 11.3 Å². The van der Waals surface area contributed by atoms with Crippen LogP contribution < -0.4 is 10.6 Å². The van der Waals surface area contributed by atoms with Gasteiger partial charge in [0, 0.05) is 41.6 Å². The van der Waals surface area contributed by atoms with Crippen molar-refractivity contribution in [2.24, 2.45) is 0 Å². The molecule has 0 spiro atoms. The molecule has 1 aromatic heterocycles. The lowest BCUT2D eigenvalue weighted by Crippen LogP contribution is -2.18. The number of benzene rings is 2. The molecule has 2 aromatic carbocycles. The van der Waals surface area contributed by atoms with Gasteiger partial charge in [-0.2, -0.15) is 0 Å². The van der Waals surface area contributed by atoms with Gasteiger partial charge in [0.1, 0.15) is 0 Å². The maximum absolute atomic E-state index is 12.4. The van der Waals surface area contributed by atoms with Crippen LogP contribution in [-0.4, -0.2) is 21.7 Å². The van der Waals surface area contributed by atoms with E-state index in [1.54, 1.807) is 6.92 Å². The summed E-state index contributed by atoms with van der Waals surface area (Å²) in [6.45, 7) is 3.52. The lowest BCUT2D eigenvalue weighted by molar-refractivity contribution is -0.385. The van der Waals surface area contributed by atoms with Gasteiger partial charge in [-0.15, -0.1) is 11.3 Å². The fourth-order valence-electron chi connectivity index (χ4n) is 2.65. The Morgan fingerprint density at radius 2 is 1.90 bits per heavy atom. The van der Waals surface area contributed by atoms with E-state index >= 15 is 0 Å². The molecule has 0 aliphatic rings. The first-order valence-corrected chi connectivity index (χ1v) is 9.57. The van der Waals surface area contributed by atoms with Crippen LogP contribution in [0.15, 0.2) is 47.8 Å². The number of anilines is 1. The van der Waals surface area contributed by atoms with Crippen molar-refractivity contribution >= 4 is 34.0 Å². The lowest BCUT2D eigenvalue weighted by Gasteiger charge is -2.04. The van der Waals surface area contributed by atoms with Crippen molar-refractivity contribution in [3.63, 3.8) is 0 Å². The van der Waals surface area contributed by atoms with Crippen LogP contribution in [0.25, 0.3) is 11.3 Å². The molecule has 0 aliphatic heterocycles. The number of hydrogen-bond acceptors (Lipinski definition) is 6. The van der Waals surface area contributed by atoms with Crippen LogP contribution >= 0.6 is 11.3 Å². The molecule has 0 bridgehead atoms. The molecule has 0 atom stereocenters. The van der Waals surface area contributed by atoms with Crippen molar-refractivity contribution in [3.05, 3.63) is 74.6 Å². The van der Waals surface area contributed by atoms with Gasteiger partial charge in [-0.1, -0.05) is 24.3 Å². The normalized spacial score (nSPS) is 10.4. The maximum Gasteiger partial charge on any atom is 0.272 e. The van der Waals surface area contributed by atoms with E-state index in [9.17, 15) is 19.7 Å². The van der Waals surface area contributed by atoms with Crippen LogP contribution in [0.5, 0.6) is 0 Å². The van der Waals surface area contributed by atoms with Crippen molar-refractivity contribution in [2.45, 2.75) is 20.4 Å². The Morgan fingerprint density at radius 3 is 2.52 bits per heavy atom. The van der Waals surface area contributed by atoms with Crippen LogP contribution in [0.2, 0.25) is 0 Å². The molecular formula is C20H18N4O4S. The Hall–Kier alpha value is -3.59. The van der Waals surface area contributed by atoms with Crippen LogP contribution in [0.4, 0.5) is 10.8 Å². The van der Waals surface area contributed by atoms with E-state index in [0.29, 0.717) is 22.8 Å². The number of thiazole rings is 1. The van der Waals surface area contributed by atoms with Gasteiger partial charge >= 0.3 is 0 Å². The Labute approximate surface area is 170 Å². The third-order valence-electron chi connectivity index (χ3n) is 4.17. The van der Waals surface area contributed by atoms with E-state index in [2.05, 4.69) is 15.6 Å². The van der Waals surface area contributed by atoms with Gasteiger partial charge in [0.05, 0.1) is 10.6 Å². The summed E-state index contributed by atoms with van der Waals surface area (Å²) in [6, 6.07) is 11.8. The van der Waals surface area contributed by atoms with E-state index in [-0.39, 0.29) is 17.5 Å². The number of aromatic nitrogens is 1. The number of hydrogen-bond donors (Lipinski definition) is 2. The predicted molar refractivity (Wildman–Crippen MR) is 111 cm³/mol. The van der Waals surface area contributed by atoms with Crippen molar-refractivity contribution in [1.29, 1.82) is 0 Å². The molecule has 3 rings (SSSR count). The lowest BCUT2D eigenvalue weighted by atomic mass is 10.1. The third kappa shape index (κ3) is 5.02. The molecule has 0 radical (unpaired) electrons. The minimum atomic E-state index is -0.481. The average molecular weight is 410 g/mol. The number of rotatable bonds is 6. The zero-order valence-corrected chi connectivity index (χ0v) is 16.6. The Balaban J connectivity index is 1.68. The van der Waals surface area contributed by atoms with Crippen molar-refractivity contribution in [1.82, 2.24) is 10.3 Å². The van der Waals surface area contributed by atoms with E-state index in [1.807, 2.05) is 29.6 Å². The molecule has 1 heterocycles. The summed E-state index contributed by atoms with van der Waals surface area (Å²) in [7, 11) is 0. The van der Waals surface area contributed by atoms with Crippen molar-refractivity contribution in [2.75, 3.05) is 5.32 Å². The van der Waals surface area contributed by atoms with E-state index < -0.39 is 4.92 Å². The highest BCUT2D eigenvalue weighted by Gasteiger charge is 2.15. The van der Waals surface area contributed by atoms with Gasteiger partial charge in [-0.25, -0.2) is 4.98 Å². The summed E-state index contributed by atoms with van der Waals surface area (Å²) in [5, 5.41) is 18.6. The first-order valence-electron chi connectivity index (χ1n) is 8.69. The average Bonchev–Trinajstić information content (AvgIpc) is 3.14. The Morgan fingerprint density at radius 1 is 1.17 bits per heavy atom. The zero-order valence-electron chi connectivity index (χ0n) is 15.8.